The third-order valence-electron chi connectivity index (χ3n) is 2.95. The predicted octanol–water partition coefficient (Wildman–Crippen LogP) is 5.37. The van der Waals surface area contributed by atoms with Crippen LogP contribution in [0.2, 0.25) is 10.0 Å². The average molecular weight is 349 g/mol. The van der Waals surface area contributed by atoms with Crippen LogP contribution in [0.3, 0.4) is 0 Å². The van der Waals surface area contributed by atoms with E-state index in [4.69, 9.17) is 23.2 Å². The number of para-hydroxylation sites is 1. The first-order valence-electron chi connectivity index (χ1n) is 6.41. The van der Waals surface area contributed by atoms with Crippen molar-refractivity contribution < 1.29 is 4.79 Å². The van der Waals surface area contributed by atoms with Crippen LogP contribution in [0.25, 0.3) is 11.3 Å². The minimum absolute atomic E-state index is 0.234. The van der Waals surface area contributed by atoms with E-state index in [2.05, 4.69) is 10.3 Å². The van der Waals surface area contributed by atoms with Gasteiger partial charge in [0.05, 0.1) is 15.7 Å². The van der Waals surface area contributed by atoms with Gasteiger partial charge < -0.3 is 5.32 Å². The molecule has 0 aliphatic heterocycles. The monoisotopic (exact) mass is 348 g/mol. The summed E-state index contributed by atoms with van der Waals surface area (Å²) in [7, 11) is 0. The van der Waals surface area contributed by atoms with Gasteiger partial charge in [-0.15, -0.1) is 11.3 Å². The SMILES string of the molecule is O=C(Nc1ccccc1)c1nc(-c2ccc(Cl)c(Cl)c2)cs1. The van der Waals surface area contributed by atoms with Gasteiger partial charge >= 0.3 is 0 Å². The highest BCUT2D eigenvalue weighted by atomic mass is 35.5. The maximum atomic E-state index is 12.2. The molecule has 1 N–H and O–H groups in total. The molecule has 1 aromatic heterocycles. The number of hydrogen-bond acceptors (Lipinski definition) is 3. The zero-order valence-corrected chi connectivity index (χ0v) is 13.5. The molecule has 3 rings (SSSR count). The Balaban J connectivity index is 1.81. The van der Waals surface area contributed by atoms with Gasteiger partial charge in [-0.1, -0.05) is 47.5 Å². The molecule has 0 saturated heterocycles. The van der Waals surface area contributed by atoms with Crippen molar-refractivity contribution in [2.45, 2.75) is 0 Å². The summed E-state index contributed by atoms with van der Waals surface area (Å²) in [6, 6.07) is 14.5. The summed E-state index contributed by atoms with van der Waals surface area (Å²) >= 11 is 13.2. The number of carbonyl (C=O) groups is 1. The van der Waals surface area contributed by atoms with E-state index >= 15 is 0 Å². The fraction of sp³-hybridized carbons (Fsp3) is 0. The van der Waals surface area contributed by atoms with Gasteiger partial charge in [0.15, 0.2) is 5.01 Å². The number of carbonyl (C=O) groups excluding carboxylic acids is 1. The highest BCUT2D eigenvalue weighted by Crippen LogP contribution is 2.29. The Bertz CT molecular complexity index is 818. The highest BCUT2D eigenvalue weighted by molar-refractivity contribution is 7.12. The largest absolute Gasteiger partial charge is 0.320 e. The Morgan fingerprint density at radius 1 is 1.05 bits per heavy atom. The lowest BCUT2D eigenvalue weighted by atomic mass is 10.2. The van der Waals surface area contributed by atoms with Crippen LogP contribution in [-0.4, -0.2) is 10.9 Å². The molecule has 6 heteroatoms. The lowest BCUT2D eigenvalue weighted by Gasteiger charge is -2.02. The van der Waals surface area contributed by atoms with Gasteiger partial charge in [0.2, 0.25) is 0 Å². The molecule has 0 spiro atoms. The van der Waals surface area contributed by atoms with E-state index in [0.29, 0.717) is 20.7 Å². The third kappa shape index (κ3) is 3.30. The van der Waals surface area contributed by atoms with Crippen LogP contribution in [0.1, 0.15) is 9.80 Å². The van der Waals surface area contributed by atoms with Crippen LogP contribution >= 0.6 is 34.5 Å². The van der Waals surface area contributed by atoms with Crippen molar-refractivity contribution in [3.05, 3.63) is 69.0 Å². The molecule has 2 aromatic carbocycles. The molecule has 0 aliphatic rings. The second-order valence-electron chi connectivity index (χ2n) is 4.49. The fourth-order valence-corrected chi connectivity index (χ4v) is 2.89. The number of hydrogen-bond donors (Lipinski definition) is 1. The van der Waals surface area contributed by atoms with Crippen LogP contribution in [0, 0.1) is 0 Å². The minimum Gasteiger partial charge on any atom is -0.320 e. The summed E-state index contributed by atoms with van der Waals surface area (Å²) in [5.74, 6) is -0.234. The summed E-state index contributed by atoms with van der Waals surface area (Å²) in [4.78, 5) is 16.5. The summed E-state index contributed by atoms with van der Waals surface area (Å²) in [6.45, 7) is 0. The molecule has 0 bridgehead atoms. The van der Waals surface area contributed by atoms with Crippen LogP contribution in [0.4, 0.5) is 5.69 Å². The average Bonchev–Trinajstić information content (AvgIpc) is 3.01. The lowest BCUT2D eigenvalue weighted by Crippen LogP contribution is -2.11. The molecule has 0 atom stereocenters. The number of halogens is 2. The van der Waals surface area contributed by atoms with Gasteiger partial charge in [0, 0.05) is 16.6 Å². The van der Waals surface area contributed by atoms with E-state index in [1.807, 2.05) is 41.8 Å². The first-order chi connectivity index (χ1) is 10.6. The topological polar surface area (TPSA) is 42.0 Å². The van der Waals surface area contributed by atoms with Crippen molar-refractivity contribution >= 4 is 46.1 Å². The molecule has 22 heavy (non-hydrogen) atoms. The van der Waals surface area contributed by atoms with Crippen molar-refractivity contribution in [3.8, 4) is 11.3 Å². The zero-order valence-electron chi connectivity index (χ0n) is 11.2. The minimum atomic E-state index is -0.234. The molecule has 3 nitrogen and oxygen atoms in total. The Hall–Kier alpha value is -1.88. The van der Waals surface area contributed by atoms with Crippen molar-refractivity contribution in [1.82, 2.24) is 4.98 Å². The summed E-state index contributed by atoms with van der Waals surface area (Å²) in [5, 5.41) is 5.97. The number of nitrogens with zero attached hydrogens (tertiary/aromatic N) is 1. The van der Waals surface area contributed by atoms with Crippen molar-refractivity contribution in [1.29, 1.82) is 0 Å². The maximum absolute atomic E-state index is 12.2. The van der Waals surface area contributed by atoms with Crippen LogP contribution < -0.4 is 5.32 Å². The van der Waals surface area contributed by atoms with Gasteiger partial charge in [-0.05, 0) is 24.3 Å². The van der Waals surface area contributed by atoms with Crippen molar-refractivity contribution in [2.24, 2.45) is 0 Å². The van der Waals surface area contributed by atoms with Crippen LogP contribution in [-0.2, 0) is 0 Å². The van der Waals surface area contributed by atoms with E-state index in [-0.39, 0.29) is 5.91 Å². The van der Waals surface area contributed by atoms with E-state index in [0.717, 1.165) is 11.3 Å². The van der Waals surface area contributed by atoms with Gasteiger partial charge in [-0.3, -0.25) is 4.79 Å². The lowest BCUT2D eigenvalue weighted by molar-refractivity contribution is 0.102. The number of aromatic nitrogens is 1. The van der Waals surface area contributed by atoms with E-state index in [1.165, 1.54) is 11.3 Å². The molecule has 0 fully saturated rings. The summed E-state index contributed by atoms with van der Waals surface area (Å²) in [5.41, 5.74) is 2.25. The molecule has 0 radical (unpaired) electrons. The smallest absolute Gasteiger partial charge is 0.284 e. The standard InChI is InChI=1S/C16H10Cl2N2OS/c17-12-7-6-10(8-13(12)18)14-9-22-16(20-14)15(21)19-11-4-2-1-3-5-11/h1-9H,(H,19,21). The highest BCUT2D eigenvalue weighted by Gasteiger charge is 2.13. The second kappa shape index (κ2) is 6.48. The Morgan fingerprint density at radius 3 is 2.55 bits per heavy atom. The predicted molar refractivity (Wildman–Crippen MR) is 92.0 cm³/mol. The molecular weight excluding hydrogens is 339 g/mol. The van der Waals surface area contributed by atoms with Gasteiger partial charge in [0.1, 0.15) is 0 Å². The number of thiazole rings is 1. The molecular formula is C16H10Cl2N2OS. The zero-order chi connectivity index (χ0) is 15.5. The number of anilines is 1. The van der Waals surface area contributed by atoms with Crippen LogP contribution in [0.15, 0.2) is 53.9 Å². The molecule has 0 aliphatic carbocycles. The van der Waals surface area contributed by atoms with E-state index in [1.54, 1.807) is 12.1 Å². The normalized spacial score (nSPS) is 10.5. The van der Waals surface area contributed by atoms with Gasteiger partial charge in [-0.25, -0.2) is 4.98 Å². The quantitative estimate of drug-likeness (QED) is 0.691. The van der Waals surface area contributed by atoms with Gasteiger partial charge in [0.25, 0.3) is 5.91 Å². The van der Waals surface area contributed by atoms with E-state index in [9.17, 15) is 4.79 Å². The number of rotatable bonds is 3. The Morgan fingerprint density at radius 2 is 1.82 bits per heavy atom. The third-order valence-corrected chi connectivity index (χ3v) is 4.53. The number of amides is 1. The molecule has 3 aromatic rings. The van der Waals surface area contributed by atoms with Crippen molar-refractivity contribution in [2.75, 3.05) is 5.32 Å². The van der Waals surface area contributed by atoms with Gasteiger partial charge in [-0.2, -0.15) is 0 Å². The molecule has 1 heterocycles. The summed E-state index contributed by atoms with van der Waals surface area (Å²) < 4.78 is 0. The van der Waals surface area contributed by atoms with E-state index < -0.39 is 0 Å². The number of nitrogens with one attached hydrogen (secondary N) is 1. The molecule has 1 amide bonds. The summed E-state index contributed by atoms with van der Waals surface area (Å²) in [6.07, 6.45) is 0. The Labute approximate surface area is 141 Å². The number of benzene rings is 2. The molecule has 110 valence electrons. The second-order valence-corrected chi connectivity index (χ2v) is 6.16. The fourth-order valence-electron chi connectivity index (χ4n) is 1.87. The first kappa shape index (κ1) is 15.0. The molecule has 0 unspecified atom stereocenters. The molecule has 0 saturated carbocycles. The Kier molecular flexibility index (Phi) is 4.43. The van der Waals surface area contributed by atoms with Crippen LogP contribution in [0.5, 0.6) is 0 Å². The first-order valence-corrected chi connectivity index (χ1v) is 8.04. The van der Waals surface area contributed by atoms with Crippen molar-refractivity contribution in [3.63, 3.8) is 0 Å². The maximum Gasteiger partial charge on any atom is 0.284 e.